The largest absolute Gasteiger partial charge is 0.469 e. The zero-order valence-corrected chi connectivity index (χ0v) is 15.6. The van der Waals surface area contributed by atoms with E-state index in [1.54, 1.807) is 0 Å². The molecule has 1 aliphatic carbocycles. The smallest absolute Gasteiger partial charge is 0.307 e. The monoisotopic (exact) mass is 415 g/mol. The van der Waals surface area contributed by atoms with Crippen LogP contribution in [0.3, 0.4) is 0 Å². The van der Waals surface area contributed by atoms with Gasteiger partial charge in [0.05, 0.1) is 20.1 Å². The number of halogens is 1. The fourth-order valence-electron chi connectivity index (χ4n) is 2.16. The number of methoxy groups -OCH3 is 1. The summed E-state index contributed by atoms with van der Waals surface area (Å²) in [4.78, 5) is 15.4. The Morgan fingerprint density at radius 2 is 2.20 bits per heavy atom. The number of esters is 1. The van der Waals surface area contributed by atoms with Crippen molar-refractivity contribution in [1.29, 1.82) is 0 Å². The third kappa shape index (κ3) is 7.56. The van der Waals surface area contributed by atoms with E-state index in [1.807, 2.05) is 18.7 Å². The number of rotatable bonds is 6. The molecule has 0 aliphatic heterocycles. The zero-order valence-electron chi connectivity index (χ0n) is 12.5. The van der Waals surface area contributed by atoms with Crippen molar-refractivity contribution in [2.45, 2.75) is 43.9 Å². The maximum atomic E-state index is 11.0. The van der Waals surface area contributed by atoms with Gasteiger partial charge in [0.25, 0.3) is 0 Å². The molecule has 0 bridgehead atoms. The molecule has 2 N–H and O–H groups in total. The van der Waals surface area contributed by atoms with Crippen LogP contribution in [0.4, 0.5) is 0 Å². The average Bonchev–Trinajstić information content (AvgIpc) is 2.86. The second kappa shape index (κ2) is 11.5. The Morgan fingerprint density at radius 1 is 1.45 bits per heavy atom. The van der Waals surface area contributed by atoms with Gasteiger partial charge in [-0.3, -0.25) is 9.79 Å². The SMILES string of the molecule is CCNC(=NCCC(=O)OC)NC1CCC(SC)C1.I. The summed E-state index contributed by atoms with van der Waals surface area (Å²) in [7, 11) is 1.40. The second-order valence-electron chi connectivity index (χ2n) is 4.60. The molecule has 1 saturated carbocycles. The van der Waals surface area contributed by atoms with E-state index >= 15 is 0 Å². The molecule has 0 radical (unpaired) electrons. The van der Waals surface area contributed by atoms with Gasteiger partial charge >= 0.3 is 5.97 Å². The van der Waals surface area contributed by atoms with Crippen molar-refractivity contribution >= 4 is 47.7 Å². The number of hydrogen-bond acceptors (Lipinski definition) is 4. The summed E-state index contributed by atoms with van der Waals surface area (Å²) in [5, 5.41) is 7.42. The fourth-order valence-corrected chi connectivity index (χ4v) is 2.96. The van der Waals surface area contributed by atoms with Crippen LogP contribution in [-0.4, -0.2) is 49.7 Å². The lowest BCUT2D eigenvalue weighted by molar-refractivity contribution is -0.140. The number of thioether (sulfide) groups is 1. The van der Waals surface area contributed by atoms with Gasteiger partial charge in [0, 0.05) is 17.8 Å². The number of carbonyl (C=O) groups excluding carboxylic acids is 1. The van der Waals surface area contributed by atoms with Crippen LogP contribution in [0.15, 0.2) is 4.99 Å². The third-order valence-electron chi connectivity index (χ3n) is 3.22. The van der Waals surface area contributed by atoms with Crippen LogP contribution in [0.25, 0.3) is 0 Å². The Kier molecular flexibility index (Phi) is 11.4. The van der Waals surface area contributed by atoms with Crippen LogP contribution in [0.1, 0.15) is 32.6 Å². The summed E-state index contributed by atoms with van der Waals surface area (Å²) in [6.07, 6.45) is 6.13. The standard InChI is InChI=1S/C13H25N3O2S.HI/c1-4-14-13(15-8-7-12(17)18-2)16-10-5-6-11(9-10)19-3;/h10-11H,4-9H2,1-3H3,(H2,14,15,16);1H. The van der Waals surface area contributed by atoms with E-state index in [-0.39, 0.29) is 29.9 Å². The van der Waals surface area contributed by atoms with Gasteiger partial charge in [-0.25, -0.2) is 0 Å². The molecule has 20 heavy (non-hydrogen) atoms. The summed E-state index contributed by atoms with van der Waals surface area (Å²) in [5.41, 5.74) is 0. The van der Waals surface area contributed by atoms with Gasteiger partial charge < -0.3 is 15.4 Å². The van der Waals surface area contributed by atoms with E-state index in [0.717, 1.165) is 17.8 Å². The number of guanidine groups is 1. The highest BCUT2D eigenvalue weighted by atomic mass is 127. The number of ether oxygens (including phenoxy) is 1. The Morgan fingerprint density at radius 3 is 2.75 bits per heavy atom. The van der Waals surface area contributed by atoms with E-state index in [4.69, 9.17) is 0 Å². The highest BCUT2D eigenvalue weighted by Gasteiger charge is 2.24. The lowest BCUT2D eigenvalue weighted by atomic mass is 10.2. The molecule has 7 heteroatoms. The van der Waals surface area contributed by atoms with Crippen molar-refractivity contribution in [3.8, 4) is 0 Å². The van der Waals surface area contributed by atoms with Gasteiger partial charge in [-0.1, -0.05) is 0 Å². The molecule has 2 atom stereocenters. The molecule has 0 heterocycles. The summed E-state index contributed by atoms with van der Waals surface area (Å²) >= 11 is 1.94. The summed E-state index contributed by atoms with van der Waals surface area (Å²) in [6, 6.07) is 0.494. The normalized spacial score (nSPS) is 22.1. The molecule has 1 fully saturated rings. The van der Waals surface area contributed by atoms with E-state index in [0.29, 0.717) is 19.0 Å². The Bertz CT molecular complexity index is 316. The molecule has 0 aromatic heterocycles. The minimum absolute atomic E-state index is 0. The van der Waals surface area contributed by atoms with Crippen LogP contribution in [-0.2, 0) is 9.53 Å². The summed E-state index contributed by atoms with van der Waals surface area (Å²) in [6.45, 7) is 3.32. The topological polar surface area (TPSA) is 62.7 Å². The Balaban J connectivity index is 0.00000361. The molecule has 0 spiro atoms. The van der Waals surface area contributed by atoms with Crippen LogP contribution in [0.5, 0.6) is 0 Å². The zero-order chi connectivity index (χ0) is 14.1. The minimum atomic E-state index is -0.220. The maximum Gasteiger partial charge on any atom is 0.307 e. The van der Waals surface area contributed by atoms with Gasteiger partial charge in [-0.05, 0) is 32.4 Å². The Labute approximate surface area is 143 Å². The lowest BCUT2D eigenvalue weighted by Crippen LogP contribution is -2.42. The average molecular weight is 415 g/mol. The van der Waals surface area contributed by atoms with Crippen molar-refractivity contribution in [3.63, 3.8) is 0 Å². The van der Waals surface area contributed by atoms with E-state index in [9.17, 15) is 4.79 Å². The molecular weight excluding hydrogens is 389 g/mol. The number of hydrogen-bond donors (Lipinski definition) is 2. The van der Waals surface area contributed by atoms with E-state index in [2.05, 4.69) is 26.6 Å². The van der Waals surface area contributed by atoms with Crippen LogP contribution in [0, 0.1) is 0 Å². The molecule has 0 amide bonds. The first-order valence-corrected chi connectivity index (χ1v) is 8.12. The number of aliphatic imine (C=N–C) groups is 1. The first-order chi connectivity index (χ1) is 9.19. The van der Waals surface area contributed by atoms with Crippen LogP contribution < -0.4 is 10.6 Å². The molecule has 1 aliphatic rings. The molecule has 118 valence electrons. The third-order valence-corrected chi connectivity index (χ3v) is 4.31. The Hall–Kier alpha value is -0.180. The van der Waals surface area contributed by atoms with Crippen LogP contribution in [0.2, 0.25) is 0 Å². The number of nitrogens with zero attached hydrogens (tertiary/aromatic N) is 1. The quantitative estimate of drug-likeness (QED) is 0.301. The predicted molar refractivity (Wildman–Crippen MR) is 96.1 cm³/mol. The molecule has 5 nitrogen and oxygen atoms in total. The highest BCUT2D eigenvalue weighted by molar-refractivity contribution is 14.0. The first kappa shape index (κ1) is 19.8. The van der Waals surface area contributed by atoms with Gasteiger partial charge in [0.15, 0.2) is 5.96 Å². The van der Waals surface area contributed by atoms with Crippen molar-refractivity contribution in [2.75, 3.05) is 26.5 Å². The molecule has 0 aromatic rings. The van der Waals surface area contributed by atoms with Crippen molar-refractivity contribution < 1.29 is 9.53 Å². The molecule has 1 rings (SSSR count). The summed E-state index contributed by atoms with van der Waals surface area (Å²) < 4.78 is 4.60. The molecule has 0 aromatic carbocycles. The molecule has 2 unspecified atom stereocenters. The van der Waals surface area contributed by atoms with Gasteiger partial charge in [0.2, 0.25) is 0 Å². The predicted octanol–water partition coefficient (Wildman–Crippen LogP) is 2.01. The van der Waals surface area contributed by atoms with Gasteiger partial charge in [-0.2, -0.15) is 11.8 Å². The summed E-state index contributed by atoms with van der Waals surface area (Å²) in [5.74, 6) is 0.584. The highest BCUT2D eigenvalue weighted by Crippen LogP contribution is 2.27. The molecule has 0 saturated heterocycles. The number of carbonyl (C=O) groups is 1. The van der Waals surface area contributed by atoms with E-state index < -0.39 is 0 Å². The second-order valence-corrected chi connectivity index (χ2v) is 5.74. The van der Waals surface area contributed by atoms with Crippen molar-refractivity contribution in [2.24, 2.45) is 4.99 Å². The number of nitrogens with one attached hydrogen (secondary N) is 2. The maximum absolute atomic E-state index is 11.0. The van der Waals surface area contributed by atoms with E-state index in [1.165, 1.54) is 26.4 Å². The van der Waals surface area contributed by atoms with Crippen molar-refractivity contribution in [1.82, 2.24) is 10.6 Å². The molecular formula is C13H26IN3O2S. The van der Waals surface area contributed by atoms with Crippen molar-refractivity contribution in [3.05, 3.63) is 0 Å². The first-order valence-electron chi connectivity index (χ1n) is 6.84. The van der Waals surface area contributed by atoms with Gasteiger partial charge in [0.1, 0.15) is 0 Å². The van der Waals surface area contributed by atoms with Crippen LogP contribution >= 0.6 is 35.7 Å². The minimum Gasteiger partial charge on any atom is -0.469 e. The van der Waals surface area contributed by atoms with Gasteiger partial charge in [-0.15, -0.1) is 24.0 Å². The lowest BCUT2D eigenvalue weighted by Gasteiger charge is -2.17. The fraction of sp³-hybridized carbons (Fsp3) is 0.846.